The van der Waals surface area contributed by atoms with E-state index in [4.69, 9.17) is 25.8 Å². The first-order valence-electron chi connectivity index (χ1n) is 12.0. The molecular formula is C25H25ClN4O10S2. The van der Waals surface area contributed by atoms with Crippen LogP contribution in [0.1, 0.15) is 5.56 Å². The number of carbonyl (C=O) groups excluding carboxylic acids is 2. The lowest BCUT2D eigenvalue weighted by molar-refractivity contribution is -0.133. The molecule has 4 rings (SSSR count). The van der Waals surface area contributed by atoms with Crippen LogP contribution in [0.25, 0.3) is 0 Å². The second kappa shape index (κ2) is 12.8. The number of rotatable bonds is 11. The van der Waals surface area contributed by atoms with Gasteiger partial charge in [-0.1, -0.05) is 17.7 Å². The summed E-state index contributed by atoms with van der Waals surface area (Å²) in [4.78, 5) is 24.9. The SMILES string of the molecule is COc1ccc(S(=O)(=O)N(Cc2ccc3c(c2)OCO3)[C@H](CNC(=O)NS(=O)(=O)c2ccc(Cl)cc2)C(=O)NO)cc1. The van der Waals surface area contributed by atoms with Gasteiger partial charge in [0.15, 0.2) is 11.5 Å². The maximum Gasteiger partial charge on any atom is 0.328 e. The first kappa shape index (κ1) is 30.9. The molecule has 42 heavy (non-hydrogen) atoms. The fourth-order valence-corrected chi connectivity index (χ4v) is 6.51. The first-order chi connectivity index (χ1) is 19.9. The second-order valence-corrected chi connectivity index (χ2v) is 12.7. The molecular weight excluding hydrogens is 616 g/mol. The molecule has 14 nitrogen and oxygen atoms in total. The Bertz CT molecular complexity index is 1670. The smallest absolute Gasteiger partial charge is 0.328 e. The summed E-state index contributed by atoms with van der Waals surface area (Å²) >= 11 is 5.78. The lowest BCUT2D eigenvalue weighted by Gasteiger charge is -2.30. The Morgan fingerprint density at radius 2 is 1.62 bits per heavy atom. The summed E-state index contributed by atoms with van der Waals surface area (Å²) < 4.78 is 71.1. The van der Waals surface area contributed by atoms with Crippen molar-refractivity contribution in [3.8, 4) is 17.2 Å². The van der Waals surface area contributed by atoms with Gasteiger partial charge in [-0.05, 0) is 66.2 Å². The number of urea groups is 1. The molecule has 1 aliphatic heterocycles. The van der Waals surface area contributed by atoms with Crippen LogP contribution in [0, 0.1) is 0 Å². The van der Waals surface area contributed by atoms with E-state index in [1.807, 2.05) is 0 Å². The quantitative estimate of drug-likeness (QED) is 0.178. The fraction of sp³-hybridized carbons (Fsp3) is 0.200. The molecule has 0 bridgehead atoms. The van der Waals surface area contributed by atoms with Crippen LogP contribution >= 0.6 is 11.6 Å². The summed E-state index contributed by atoms with van der Waals surface area (Å²) in [6.45, 7) is -1.19. The number of hydrogen-bond acceptors (Lipinski definition) is 10. The molecule has 0 fully saturated rings. The third-order valence-electron chi connectivity index (χ3n) is 6.01. The summed E-state index contributed by atoms with van der Waals surface area (Å²) in [5.41, 5.74) is 1.78. The minimum Gasteiger partial charge on any atom is -0.497 e. The van der Waals surface area contributed by atoms with Gasteiger partial charge in [-0.3, -0.25) is 10.0 Å². The van der Waals surface area contributed by atoms with Crippen molar-refractivity contribution in [1.82, 2.24) is 19.8 Å². The van der Waals surface area contributed by atoms with Gasteiger partial charge in [-0.2, -0.15) is 4.31 Å². The highest BCUT2D eigenvalue weighted by molar-refractivity contribution is 7.90. The van der Waals surface area contributed by atoms with Crippen LogP contribution in [0.3, 0.4) is 0 Å². The molecule has 1 atom stereocenters. The van der Waals surface area contributed by atoms with Crippen molar-refractivity contribution < 1.29 is 45.8 Å². The highest BCUT2D eigenvalue weighted by Gasteiger charge is 2.37. The summed E-state index contributed by atoms with van der Waals surface area (Å²) in [7, 11) is -7.43. The van der Waals surface area contributed by atoms with Crippen molar-refractivity contribution in [2.24, 2.45) is 0 Å². The predicted octanol–water partition coefficient (Wildman–Crippen LogP) is 1.83. The normalized spacial score (nSPS) is 13.3. The third-order valence-corrected chi connectivity index (χ3v) is 9.48. The van der Waals surface area contributed by atoms with Crippen LogP contribution in [0.5, 0.6) is 17.2 Å². The van der Waals surface area contributed by atoms with Crippen molar-refractivity contribution >= 4 is 43.6 Å². The van der Waals surface area contributed by atoms with Crippen molar-refractivity contribution in [2.45, 2.75) is 22.4 Å². The van der Waals surface area contributed by atoms with Gasteiger partial charge in [0.1, 0.15) is 11.8 Å². The second-order valence-electron chi connectivity index (χ2n) is 8.67. The van der Waals surface area contributed by atoms with Crippen LogP contribution in [0.15, 0.2) is 76.5 Å². The van der Waals surface area contributed by atoms with Gasteiger partial charge < -0.3 is 19.5 Å². The molecule has 3 aromatic rings. The molecule has 3 aromatic carbocycles. The predicted molar refractivity (Wildman–Crippen MR) is 147 cm³/mol. The van der Waals surface area contributed by atoms with Gasteiger partial charge in [0.25, 0.3) is 15.9 Å². The Kier molecular flexibility index (Phi) is 9.43. The first-order valence-corrected chi connectivity index (χ1v) is 15.3. The molecule has 0 aromatic heterocycles. The summed E-state index contributed by atoms with van der Waals surface area (Å²) in [6.07, 6.45) is 0. The standard InChI is InChI=1S/C25H25ClN4O10S2/c1-38-18-5-9-20(10-6-18)42(36,37)30(14-16-2-11-22-23(12-16)40-15-39-22)21(24(31)28-33)13-27-25(32)29-41(34,35)19-7-3-17(26)4-8-19/h2-12,21,33H,13-15H2,1H3,(H,28,31)(H2,27,29,32)/t21-/m1/s1. The minimum absolute atomic E-state index is 0.0276. The Labute approximate surface area is 246 Å². The largest absolute Gasteiger partial charge is 0.497 e. The molecule has 17 heteroatoms. The maximum absolute atomic E-state index is 13.9. The number of fused-ring (bicyclic) bond motifs is 1. The molecule has 1 heterocycles. The van der Waals surface area contributed by atoms with Gasteiger partial charge >= 0.3 is 6.03 Å². The Balaban J connectivity index is 1.63. The molecule has 0 saturated carbocycles. The van der Waals surface area contributed by atoms with Crippen LogP contribution in [-0.2, 0) is 31.4 Å². The van der Waals surface area contributed by atoms with Crippen molar-refractivity contribution in [3.63, 3.8) is 0 Å². The Morgan fingerprint density at radius 3 is 2.26 bits per heavy atom. The van der Waals surface area contributed by atoms with E-state index in [-0.39, 0.29) is 21.6 Å². The average molecular weight is 641 g/mol. The van der Waals surface area contributed by atoms with E-state index in [1.54, 1.807) is 16.9 Å². The molecule has 0 saturated heterocycles. The van der Waals surface area contributed by atoms with Crippen LogP contribution in [0.2, 0.25) is 5.02 Å². The van der Waals surface area contributed by atoms with E-state index >= 15 is 0 Å². The molecule has 4 N–H and O–H groups in total. The zero-order chi connectivity index (χ0) is 30.5. The lowest BCUT2D eigenvalue weighted by Crippen LogP contribution is -2.55. The van der Waals surface area contributed by atoms with Crippen LogP contribution < -0.4 is 29.7 Å². The molecule has 224 valence electrons. The molecule has 0 aliphatic carbocycles. The van der Waals surface area contributed by atoms with Gasteiger partial charge in [-0.15, -0.1) is 0 Å². The summed E-state index contributed by atoms with van der Waals surface area (Å²) in [6, 6.07) is 11.9. The van der Waals surface area contributed by atoms with E-state index < -0.39 is 51.1 Å². The maximum atomic E-state index is 13.9. The number of benzene rings is 3. The van der Waals surface area contributed by atoms with Crippen LogP contribution in [0.4, 0.5) is 4.79 Å². The number of hydroxylamine groups is 1. The third kappa shape index (κ3) is 7.03. The Morgan fingerprint density at radius 1 is 0.976 bits per heavy atom. The molecule has 1 aliphatic rings. The fourth-order valence-electron chi connectivity index (χ4n) is 3.88. The zero-order valence-electron chi connectivity index (χ0n) is 21.8. The lowest BCUT2D eigenvalue weighted by atomic mass is 10.2. The summed E-state index contributed by atoms with van der Waals surface area (Å²) in [5.74, 6) is -0.0367. The zero-order valence-corrected chi connectivity index (χ0v) is 24.2. The monoisotopic (exact) mass is 640 g/mol. The van der Waals surface area contributed by atoms with E-state index in [0.29, 0.717) is 22.8 Å². The number of sulfonamides is 2. The van der Waals surface area contributed by atoms with E-state index in [2.05, 4.69) is 5.32 Å². The number of amides is 3. The molecule has 0 unspecified atom stereocenters. The number of halogens is 1. The number of ether oxygens (including phenoxy) is 3. The highest BCUT2D eigenvalue weighted by atomic mass is 35.5. The van der Waals surface area contributed by atoms with Crippen molar-refractivity contribution in [2.75, 3.05) is 20.4 Å². The number of hydrogen-bond donors (Lipinski definition) is 4. The van der Waals surface area contributed by atoms with E-state index in [0.717, 1.165) is 4.31 Å². The van der Waals surface area contributed by atoms with Gasteiger partial charge in [0, 0.05) is 18.1 Å². The highest BCUT2D eigenvalue weighted by Crippen LogP contribution is 2.33. The number of nitrogens with zero attached hydrogens (tertiary/aromatic N) is 1. The average Bonchev–Trinajstić information content (AvgIpc) is 3.44. The topological polar surface area (TPSA) is 190 Å². The van der Waals surface area contributed by atoms with Gasteiger partial charge in [-0.25, -0.2) is 31.8 Å². The van der Waals surface area contributed by atoms with Crippen LogP contribution in [-0.4, -0.2) is 64.8 Å². The number of nitrogens with one attached hydrogen (secondary N) is 3. The van der Waals surface area contributed by atoms with Crippen molar-refractivity contribution in [3.05, 3.63) is 77.3 Å². The molecule has 0 spiro atoms. The molecule has 3 amide bonds. The number of methoxy groups -OCH3 is 1. The Hall–Kier alpha value is -4.09. The molecule has 0 radical (unpaired) electrons. The van der Waals surface area contributed by atoms with Crippen molar-refractivity contribution in [1.29, 1.82) is 0 Å². The van der Waals surface area contributed by atoms with E-state index in [1.165, 1.54) is 67.2 Å². The van der Waals surface area contributed by atoms with Gasteiger partial charge in [0.05, 0.1) is 16.9 Å². The minimum atomic E-state index is -4.49. The number of carbonyl (C=O) groups is 2. The summed E-state index contributed by atoms with van der Waals surface area (Å²) in [5, 5.41) is 11.9. The van der Waals surface area contributed by atoms with Gasteiger partial charge in [0.2, 0.25) is 16.8 Å². The van der Waals surface area contributed by atoms with E-state index in [9.17, 15) is 31.6 Å².